The van der Waals surface area contributed by atoms with E-state index >= 15 is 0 Å². The summed E-state index contributed by atoms with van der Waals surface area (Å²) in [6.45, 7) is 1.76. The third kappa shape index (κ3) is 7.19. The molecule has 0 spiro atoms. The zero-order valence-corrected chi connectivity index (χ0v) is 6.21. The molecule has 0 atom stereocenters. The molecule has 0 saturated carbocycles. The Morgan fingerprint density at radius 1 is 1.40 bits per heavy atom. The van der Waals surface area contributed by atoms with Crippen molar-refractivity contribution in [3.05, 3.63) is 24.5 Å². The Bertz CT molecular complexity index is 224. The van der Waals surface area contributed by atoms with Gasteiger partial charge in [-0.2, -0.15) is 8.42 Å². The smallest absolute Gasteiger partial charge is 0.370 e. The van der Waals surface area contributed by atoms with Gasteiger partial charge in [0.2, 0.25) is 0 Å². The van der Waals surface area contributed by atoms with Crippen molar-refractivity contribution in [3.8, 4) is 0 Å². The lowest BCUT2D eigenvalue weighted by atomic mass is 10.5. The Morgan fingerprint density at radius 2 is 2.00 bits per heavy atom. The molecule has 5 heteroatoms. The van der Waals surface area contributed by atoms with E-state index in [1.807, 2.05) is 0 Å². The number of hydrogen-bond donors (Lipinski definition) is 1. The average Bonchev–Trinajstić information content (AvgIpc) is 1.78. The summed E-state index contributed by atoms with van der Waals surface area (Å²) < 4.78 is 31.5. The zero-order valence-electron chi connectivity index (χ0n) is 5.39. The van der Waals surface area contributed by atoms with Crippen molar-refractivity contribution >= 4 is 10.4 Å². The lowest BCUT2D eigenvalue weighted by Crippen LogP contribution is -1.96. The fourth-order valence-corrected chi connectivity index (χ4v) is 0.463. The maximum absolute atomic E-state index is 9.85. The van der Waals surface area contributed by atoms with Crippen LogP contribution in [0.15, 0.2) is 24.5 Å². The van der Waals surface area contributed by atoms with Crippen LogP contribution in [0.4, 0.5) is 0 Å². The van der Waals surface area contributed by atoms with Gasteiger partial charge in [-0.1, -0.05) is 12.2 Å². The summed E-state index contributed by atoms with van der Waals surface area (Å²) in [6.07, 6.45) is 5.46. The topological polar surface area (TPSA) is 63.6 Å². The Balaban J connectivity index is 3.76. The van der Waals surface area contributed by atoms with Crippen LogP contribution in [0.2, 0.25) is 0 Å². The van der Waals surface area contributed by atoms with E-state index in [9.17, 15) is 8.42 Å². The molecule has 0 aromatic heterocycles. The molecule has 0 aromatic carbocycles. The molecule has 0 radical (unpaired) electrons. The number of allylic oxidation sites excluding steroid dienone is 3. The molecular formula is C5H8O4S. The van der Waals surface area contributed by atoms with E-state index in [4.69, 9.17) is 4.55 Å². The number of rotatable bonds is 3. The zero-order chi connectivity index (χ0) is 8.04. The SMILES string of the molecule is C/C=C/C=C/OS(=O)(=O)O. The maximum Gasteiger partial charge on any atom is 0.445 e. The van der Waals surface area contributed by atoms with Gasteiger partial charge in [0, 0.05) is 0 Å². The predicted octanol–water partition coefficient (Wildman–Crippen LogP) is 0.896. The molecule has 4 nitrogen and oxygen atoms in total. The quantitative estimate of drug-likeness (QED) is 0.382. The molecule has 0 saturated heterocycles. The van der Waals surface area contributed by atoms with Crippen molar-refractivity contribution in [2.45, 2.75) is 6.92 Å². The van der Waals surface area contributed by atoms with E-state index in [1.54, 1.807) is 19.1 Å². The van der Waals surface area contributed by atoms with Crippen molar-refractivity contribution < 1.29 is 17.2 Å². The van der Waals surface area contributed by atoms with Crippen LogP contribution in [0.3, 0.4) is 0 Å². The van der Waals surface area contributed by atoms with Gasteiger partial charge in [0.25, 0.3) is 0 Å². The molecule has 0 fully saturated rings. The first kappa shape index (κ1) is 9.19. The molecule has 0 aliphatic rings. The molecule has 0 unspecified atom stereocenters. The molecule has 0 rings (SSSR count). The summed E-state index contributed by atoms with van der Waals surface area (Å²) in [7, 11) is -4.33. The third-order valence-electron chi connectivity index (χ3n) is 0.559. The fraction of sp³-hybridized carbons (Fsp3) is 0.200. The van der Waals surface area contributed by atoms with E-state index in [2.05, 4.69) is 4.18 Å². The summed E-state index contributed by atoms with van der Waals surface area (Å²) in [5.74, 6) is 0. The van der Waals surface area contributed by atoms with E-state index < -0.39 is 10.4 Å². The first-order valence-corrected chi connectivity index (χ1v) is 3.86. The Morgan fingerprint density at radius 3 is 2.40 bits per heavy atom. The van der Waals surface area contributed by atoms with Gasteiger partial charge < -0.3 is 4.18 Å². The van der Waals surface area contributed by atoms with Gasteiger partial charge in [0.05, 0.1) is 0 Å². The van der Waals surface area contributed by atoms with E-state index in [-0.39, 0.29) is 0 Å². The van der Waals surface area contributed by atoms with Crippen molar-refractivity contribution in [3.63, 3.8) is 0 Å². The summed E-state index contributed by atoms with van der Waals surface area (Å²) >= 11 is 0. The average molecular weight is 164 g/mol. The van der Waals surface area contributed by atoms with Crippen molar-refractivity contribution in [2.75, 3.05) is 0 Å². The van der Waals surface area contributed by atoms with E-state index in [0.29, 0.717) is 0 Å². The summed E-state index contributed by atoms with van der Waals surface area (Å²) in [5, 5.41) is 0. The molecule has 10 heavy (non-hydrogen) atoms. The largest absolute Gasteiger partial charge is 0.445 e. The Labute approximate surface area is 59.8 Å². The Hall–Kier alpha value is -0.810. The summed E-state index contributed by atoms with van der Waals surface area (Å²) in [4.78, 5) is 0. The van der Waals surface area contributed by atoms with Gasteiger partial charge in [-0.3, -0.25) is 4.55 Å². The molecule has 0 aliphatic heterocycles. The first-order chi connectivity index (χ1) is 4.56. The van der Waals surface area contributed by atoms with Crippen LogP contribution in [0.25, 0.3) is 0 Å². The highest BCUT2D eigenvalue weighted by molar-refractivity contribution is 7.81. The highest BCUT2D eigenvalue weighted by atomic mass is 32.3. The molecule has 0 heterocycles. The maximum atomic E-state index is 9.85. The molecule has 0 aliphatic carbocycles. The van der Waals surface area contributed by atoms with Crippen molar-refractivity contribution in [2.24, 2.45) is 0 Å². The highest BCUT2D eigenvalue weighted by Crippen LogP contribution is 1.86. The second kappa shape index (κ2) is 4.08. The highest BCUT2D eigenvalue weighted by Gasteiger charge is 1.97. The second-order valence-corrected chi connectivity index (χ2v) is 2.43. The van der Waals surface area contributed by atoms with Gasteiger partial charge in [0.1, 0.15) is 6.26 Å². The van der Waals surface area contributed by atoms with E-state index in [1.165, 1.54) is 6.08 Å². The third-order valence-corrected chi connectivity index (χ3v) is 0.914. The molecule has 0 aromatic rings. The van der Waals surface area contributed by atoms with Crippen LogP contribution < -0.4 is 0 Å². The minimum atomic E-state index is -4.33. The molecule has 0 bridgehead atoms. The molecular weight excluding hydrogens is 156 g/mol. The van der Waals surface area contributed by atoms with Gasteiger partial charge in [-0.25, -0.2) is 0 Å². The van der Waals surface area contributed by atoms with Crippen molar-refractivity contribution in [1.29, 1.82) is 0 Å². The van der Waals surface area contributed by atoms with Crippen LogP contribution in [-0.2, 0) is 14.6 Å². The first-order valence-electron chi connectivity index (χ1n) is 2.50. The molecule has 58 valence electrons. The van der Waals surface area contributed by atoms with Crippen LogP contribution in [0, 0.1) is 0 Å². The van der Waals surface area contributed by atoms with Gasteiger partial charge in [-0.05, 0) is 13.0 Å². The van der Waals surface area contributed by atoms with Crippen LogP contribution in [0.1, 0.15) is 6.92 Å². The summed E-state index contributed by atoms with van der Waals surface area (Å²) in [5.41, 5.74) is 0. The van der Waals surface area contributed by atoms with Gasteiger partial charge >= 0.3 is 10.4 Å². The van der Waals surface area contributed by atoms with Gasteiger partial charge in [-0.15, -0.1) is 0 Å². The van der Waals surface area contributed by atoms with Gasteiger partial charge in [0.15, 0.2) is 0 Å². The van der Waals surface area contributed by atoms with E-state index in [0.717, 1.165) is 6.26 Å². The number of hydrogen-bond acceptors (Lipinski definition) is 3. The lowest BCUT2D eigenvalue weighted by molar-refractivity contribution is 0.356. The normalized spacial score (nSPS) is 13.0. The monoisotopic (exact) mass is 164 g/mol. The van der Waals surface area contributed by atoms with Crippen molar-refractivity contribution in [1.82, 2.24) is 0 Å². The lowest BCUT2D eigenvalue weighted by Gasteiger charge is -1.89. The molecule has 1 N–H and O–H groups in total. The Kier molecular flexibility index (Phi) is 3.75. The fourth-order valence-electron chi connectivity index (χ4n) is 0.259. The van der Waals surface area contributed by atoms with Crippen LogP contribution in [-0.4, -0.2) is 13.0 Å². The minimum absolute atomic E-state index is 0.870. The molecule has 0 amide bonds. The standard InChI is InChI=1S/C5H8O4S/c1-2-3-4-5-9-10(6,7)8/h2-5H,1H3,(H,6,7,8)/b3-2+,5-4+. The van der Waals surface area contributed by atoms with Crippen LogP contribution >= 0.6 is 0 Å². The predicted molar refractivity (Wildman–Crippen MR) is 36.6 cm³/mol. The second-order valence-electron chi connectivity index (χ2n) is 1.38. The van der Waals surface area contributed by atoms with Crippen LogP contribution in [0.5, 0.6) is 0 Å². The summed E-state index contributed by atoms with van der Waals surface area (Å²) in [6, 6.07) is 0. The minimum Gasteiger partial charge on any atom is -0.370 e.